The third-order valence-corrected chi connectivity index (χ3v) is 4.40. The third kappa shape index (κ3) is 3.36. The maximum Gasteiger partial charge on any atom is 0.242 e. The van der Waals surface area contributed by atoms with Crippen molar-refractivity contribution in [1.82, 2.24) is 4.90 Å². The average Bonchev–Trinajstić information content (AvgIpc) is 2.75. The number of hydrogen-bond donors (Lipinski definition) is 1. The molecule has 7 heteroatoms. The molecule has 0 aromatic heterocycles. The summed E-state index contributed by atoms with van der Waals surface area (Å²) < 4.78 is 5.17. The molecule has 1 fully saturated rings. The predicted octanol–water partition coefficient (Wildman–Crippen LogP) is 1.58. The first kappa shape index (κ1) is 15.4. The zero-order valence-corrected chi connectivity index (χ0v) is 12.9. The van der Waals surface area contributed by atoms with E-state index in [1.54, 1.807) is 33.3 Å². The molecule has 112 valence electrons. The van der Waals surface area contributed by atoms with Crippen LogP contribution in [-0.2, 0) is 9.59 Å². The number of carbonyl (C=O) groups excluding carboxylic acids is 2. The zero-order chi connectivity index (χ0) is 15.4. The number of anilines is 1. The third-order valence-electron chi connectivity index (χ3n) is 3.08. The Morgan fingerprint density at radius 3 is 2.81 bits per heavy atom. The second-order valence-corrected chi connectivity index (χ2v) is 5.63. The molecular weight excluding hydrogens is 290 g/mol. The smallest absolute Gasteiger partial charge is 0.242 e. The number of aliphatic imine (C=N–C) groups is 1. The first-order chi connectivity index (χ1) is 10.1. The summed E-state index contributed by atoms with van der Waals surface area (Å²) in [6.45, 7) is 0. The van der Waals surface area contributed by atoms with Gasteiger partial charge in [0.15, 0.2) is 5.17 Å². The Bertz CT molecular complexity index is 589. The molecule has 6 nitrogen and oxygen atoms in total. The Labute approximate surface area is 127 Å². The van der Waals surface area contributed by atoms with E-state index in [1.807, 2.05) is 12.1 Å². The van der Waals surface area contributed by atoms with E-state index in [9.17, 15) is 9.59 Å². The van der Waals surface area contributed by atoms with Crippen LogP contribution in [0, 0.1) is 0 Å². The molecule has 0 radical (unpaired) electrons. The van der Waals surface area contributed by atoms with Gasteiger partial charge in [-0.05, 0) is 12.1 Å². The lowest BCUT2D eigenvalue weighted by Crippen LogP contribution is -2.30. The number of methoxy groups -OCH3 is 1. The lowest BCUT2D eigenvalue weighted by atomic mass is 10.2. The highest BCUT2D eigenvalue weighted by atomic mass is 32.2. The molecule has 0 aliphatic carbocycles. The molecule has 0 spiro atoms. The largest absolute Gasteiger partial charge is 0.495 e. The van der Waals surface area contributed by atoms with Gasteiger partial charge in [0.2, 0.25) is 11.8 Å². The van der Waals surface area contributed by atoms with Crippen LogP contribution in [0.3, 0.4) is 0 Å². The Morgan fingerprint density at radius 1 is 1.48 bits per heavy atom. The van der Waals surface area contributed by atoms with Crippen LogP contribution >= 0.6 is 11.8 Å². The number of amides is 2. The van der Waals surface area contributed by atoms with E-state index >= 15 is 0 Å². The van der Waals surface area contributed by atoms with Crippen molar-refractivity contribution in [3.8, 4) is 5.75 Å². The van der Waals surface area contributed by atoms with Crippen molar-refractivity contribution < 1.29 is 14.3 Å². The number of nitrogens with one attached hydrogen (secondary N) is 1. The summed E-state index contributed by atoms with van der Waals surface area (Å²) in [5, 5.41) is 2.98. The molecule has 1 heterocycles. The number of benzene rings is 1. The van der Waals surface area contributed by atoms with E-state index in [4.69, 9.17) is 4.74 Å². The summed E-state index contributed by atoms with van der Waals surface area (Å²) in [6.07, 6.45) is 0.102. The lowest BCUT2D eigenvalue weighted by Gasteiger charge is -2.11. The second kappa shape index (κ2) is 6.62. The maximum absolute atomic E-state index is 12.1. The quantitative estimate of drug-likeness (QED) is 0.917. The molecule has 1 unspecified atom stereocenters. The molecule has 2 rings (SSSR count). The van der Waals surface area contributed by atoms with Crippen LogP contribution in [0.5, 0.6) is 5.75 Å². The van der Waals surface area contributed by atoms with Crippen molar-refractivity contribution in [3.05, 3.63) is 24.3 Å². The summed E-state index contributed by atoms with van der Waals surface area (Å²) in [5.41, 5.74) is 0.596. The van der Waals surface area contributed by atoms with Gasteiger partial charge in [-0.3, -0.25) is 19.5 Å². The number of carbonyl (C=O) groups is 2. The highest BCUT2D eigenvalue weighted by Crippen LogP contribution is 2.29. The van der Waals surface area contributed by atoms with Crippen LogP contribution in [0.15, 0.2) is 29.3 Å². The number of thioether (sulfide) groups is 1. The monoisotopic (exact) mass is 307 g/mol. The minimum atomic E-state index is -0.427. The number of para-hydroxylation sites is 2. The fourth-order valence-corrected chi connectivity index (χ4v) is 3.12. The lowest BCUT2D eigenvalue weighted by molar-refractivity contribution is -0.127. The molecule has 0 saturated carbocycles. The van der Waals surface area contributed by atoms with Gasteiger partial charge in [0.05, 0.1) is 12.8 Å². The van der Waals surface area contributed by atoms with Gasteiger partial charge in [-0.25, -0.2) is 0 Å². The standard InChI is InChI=1S/C14H17N3O3S/c1-15-14-17(2)13(19)11(21-14)8-12(18)16-9-6-4-5-7-10(9)20-3/h4-7,11H,8H2,1-3H3,(H,16,18). The molecule has 1 aromatic carbocycles. The van der Waals surface area contributed by atoms with Gasteiger partial charge in [-0.2, -0.15) is 0 Å². The number of rotatable bonds is 4. The molecule has 2 amide bonds. The number of ether oxygens (including phenoxy) is 1. The Hall–Kier alpha value is -2.02. The van der Waals surface area contributed by atoms with Crippen LogP contribution in [0.1, 0.15) is 6.42 Å². The van der Waals surface area contributed by atoms with Crippen LogP contribution in [0.25, 0.3) is 0 Å². The number of hydrogen-bond acceptors (Lipinski definition) is 5. The second-order valence-electron chi connectivity index (χ2n) is 4.46. The molecule has 1 atom stereocenters. The van der Waals surface area contributed by atoms with Crippen molar-refractivity contribution >= 4 is 34.4 Å². The van der Waals surface area contributed by atoms with Crippen molar-refractivity contribution in [1.29, 1.82) is 0 Å². The molecular formula is C14H17N3O3S. The van der Waals surface area contributed by atoms with E-state index in [1.165, 1.54) is 16.7 Å². The summed E-state index contributed by atoms with van der Waals surface area (Å²) >= 11 is 1.31. The number of amidine groups is 1. The van der Waals surface area contributed by atoms with E-state index in [0.717, 1.165) is 0 Å². The SMILES string of the molecule is CN=C1SC(CC(=O)Nc2ccccc2OC)C(=O)N1C. The molecule has 0 bridgehead atoms. The van der Waals surface area contributed by atoms with Crippen LogP contribution < -0.4 is 10.1 Å². The topological polar surface area (TPSA) is 71.0 Å². The molecule has 1 saturated heterocycles. The minimum Gasteiger partial charge on any atom is -0.495 e. The van der Waals surface area contributed by atoms with Crippen molar-refractivity contribution in [2.75, 3.05) is 26.5 Å². The molecule has 21 heavy (non-hydrogen) atoms. The van der Waals surface area contributed by atoms with Crippen LogP contribution in [-0.4, -0.2) is 48.3 Å². The van der Waals surface area contributed by atoms with E-state index in [2.05, 4.69) is 10.3 Å². The van der Waals surface area contributed by atoms with Gasteiger partial charge >= 0.3 is 0 Å². The molecule has 1 aliphatic heterocycles. The van der Waals surface area contributed by atoms with Gasteiger partial charge < -0.3 is 10.1 Å². The van der Waals surface area contributed by atoms with Crippen LogP contribution in [0.2, 0.25) is 0 Å². The fourth-order valence-electron chi connectivity index (χ4n) is 2.02. The highest BCUT2D eigenvalue weighted by molar-refractivity contribution is 8.15. The first-order valence-electron chi connectivity index (χ1n) is 6.40. The van der Waals surface area contributed by atoms with E-state index in [0.29, 0.717) is 16.6 Å². The van der Waals surface area contributed by atoms with Gasteiger partial charge in [0.25, 0.3) is 0 Å². The van der Waals surface area contributed by atoms with Gasteiger partial charge in [0.1, 0.15) is 11.0 Å². The normalized spacial score (nSPS) is 20.0. The Kier molecular flexibility index (Phi) is 4.85. The van der Waals surface area contributed by atoms with Crippen LogP contribution in [0.4, 0.5) is 5.69 Å². The summed E-state index contributed by atoms with van der Waals surface area (Å²) in [6, 6.07) is 7.15. The van der Waals surface area contributed by atoms with E-state index in [-0.39, 0.29) is 18.2 Å². The fraction of sp³-hybridized carbons (Fsp3) is 0.357. The van der Waals surface area contributed by atoms with E-state index < -0.39 is 5.25 Å². The summed E-state index contributed by atoms with van der Waals surface area (Å²) in [4.78, 5) is 29.6. The zero-order valence-electron chi connectivity index (χ0n) is 12.1. The maximum atomic E-state index is 12.1. The van der Waals surface area contributed by atoms with Crippen molar-refractivity contribution in [3.63, 3.8) is 0 Å². The summed E-state index contributed by atoms with van der Waals surface area (Å²) in [5.74, 6) is 0.260. The average molecular weight is 307 g/mol. The Morgan fingerprint density at radius 2 is 2.19 bits per heavy atom. The first-order valence-corrected chi connectivity index (χ1v) is 7.28. The molecule has 1 N–H and O–H groups in total. The molecule has 1 aliphatic rings. The number of nitrogens with zero attached hydrogens (tertiary/aromatic N) is 2. The minimum absolute atomic E-state index is 0.101. The predicted molar refractivity (Wildman–Crippen MR) is 83.7 cm³/mol. The van der Waals surface area contributed by atoms with Gasteiger partial charge in [-0.1, -0.05) is 23.9 Å². The van der Waals surface area contributed by atoms with Crippen molar-refractivity contribution in [2.45, 2.75) is 11.7 Å². The highest BCUT2D eigenvalue weighted by Gasteiger charge is 2.36. The summed E-state index contributed by atoms with van der Waals surface area (Å²) in [7, 11) is 4.83. The molecule has 1 aromatic rings. The van der Waals surface area contributed by atoms with Gasteiger partial charge in [0, 0.05) is 20.5 Å². The Balaban J connectivity index is 2.01. The van der Waals surface area contributed by atoms with Gasteiger partial charge in [-0.15, -0.1) is 0 Å². The van der Waals surface area contributed by atoms with Crippen molar-refractivity contribution in [2.24, 2.45) is 4.99 Å².